The van der Waals surface area contributed by atoms with E-state index in [1.165, 1.54) is 5.56 Å². The number of rotatable bonds is 3. The fourth-order valence-electron chi connectivity index (χ4n) is 2.96. The lowest BCUT2D eigenvalue weighted by Gasteiger charge is -2.11. The lowest BCUT2D eigenvalue weighted by Crippen LogP contribution is -2.22. The molecule has 0 N–H and O–H groups in total. The highest BCUT2D eigenvalue weighted by Crippen LogP contribution is 2.18. The third kappa shape index (κ3) is 2.12. The Morgan fingerprint density at radius 3 is 2.50 bits per heavy atom. The maximum Gasteiger partial charge on any atom is 0.267 e. The average molecular weight is 339 g/mol. The first-order chi connectivity index (χ1) is 11.7. The lowest BCUT2D eigenvalue weighted by molar-refractivity contribution is 0.961. The minimum atomic E-state index is -0.115. The zero-order valence-corrected chi connectivity index (χ0v) is 13.9. The van der Waals surface area contributed by atoms with Gasteiger partial charge in [-0.2, -0.15) is 0 Å². The van der Waals surface area contributed by atoms with E-state index >= 15 is 0 Å². The summed E-state index contributed by atoms with van der Waals surface area (Å²) in [5.74, 6) is 1.30. The summed E-state index contributed by atoms with van der Waals surface area (Å²) in [6, 6.07) is 15.3. The molecule has 5 nitrogen and oxygen atoms in total. The minimum absolute atomic E-state index is 0.115. The zero-order chi connectivity index (χ0) is 16.7. The molecule has 0 bridgehead atoms. The largest absolute Gasteiger partial charge is 0.268 e. The molecule has 0 fully saturated rings. The molecule has 4 aromatic rings. The summed E-state index contributed by atoms with van der Waals surface area (Å²) in [4.78, 5) is 13.0. The first kappa shape index (κ1) is 14.9. The van der Waals surface area contributed by atoms with Crippen LogP contribution in [0.4, 0.5) is 0 Å². The third-order valence-electron chi connectivity index (χ3n) is 4.21. The van der Waals surface area contributed by atoms with Crippen molar-refractivity contribution in [2.24, 2.45) is 0 Å². The predicted molar refractivity (Wildman–Crippen MR) is 95.0 cm³/mol. The van der Waals surface area contributed by atoms with Gasteiger partial charge in [0, 0.05) is 0 Å². The number of hydrogen-bond donors (Lipinski definition) is 0. The van der Waals surface area contributed by atoms with Gasteiger partial charge in [-0.15, -0.1) is 21.8 Å². The van der Waals surface area contributed by atoms with Crippen molar-refractivity contribution >= 4 is 28.3 Å². The molecule has 0 aliphatic carbocycles. The van der Waals surface area contributed by atoms with Gasteiger partial charge in [-0.05, 0) is 36.2 Å². The van der Waals surface area contributed by atoms with Crippen molar-refractivity contribution in [3.05, 3.63) is 70.3 Å². The Labute approximate surface area is 143 Å². The number of para-hydroxylation sites is 1. The maximum absolute atomic E-state index is 13.0. The molecule has 0 saturated carbocycles. The lowest BCUT2D eigenvalue weighted by atomic mass is 10.1. The second-order valence-electron chi connectivity index (χ2n) is 5.56. The summed E-state index contributed by atoms with van der Waals surface area (Å²) in [6.45, 7) is 2.10. The van der Waals surface area contributed by atoms with Crippen molar-refractivity contribution in [3.8, 4) is 5.69 Å². The van der Waals surface area contributed by atoms with Gasteiger partial charge < -0.3 is 0 Å². The summed E-state index contributed by atoms with van der Waals surface area (Å²) in [6.07, 6.45) is 0.948. The van der Waals surface area contributed by atoms with Crippen LogP contribution in [0.25, 0.3) is 22.4 Å². The molecule has 2 aromatic heterocycles. The van der Waals surface area contributed by atoms with Crippen LogP contribution in [0.15, 0.2) is 53.3 Å². The molecule has 0 unspecified atom stereocenters. The zero-order valence-electron chi connectivity index (χ0n) is 13.1. The van der Waals surface area contributed by atoms with Gasteiger partial charge in [0.1, 0.15) is 0 Å². The third-order valence-corrected chi connectivity index (χ3v) is 4.45. The van der Waals surface area contributed by atoms with Gasteiger partial charge in [0.15, 0.2) is 5.82 Å². The Balaban J connectivity index is 2.15. The number of benzene rings is 2. The van der Waals surface area contributed by atoms with Crippen LogP contribution in [0, 0.1) is 0 Å². The molecule has 2 aromatic carbocycles. The summed E-state index contributed by atoms with van der Waals surface area (Å²) >= 11 is 6.01. The molecule has 24 heavy (non-hydrogen) atoms. The van der Waals surface area contributed by atoms with E-state index in [9.17, 15) is 4.79 Å². The van der Waals surface area contributed by atoms with E-state index in [2.05, 4.69) is 17.1 Å². The molecular formula is C18H15ClN4O. The summed E-state index contributed by atoms with van der Waals surface area (Å²) in [5.41, 5.74) is 2.63. The Bertz CT molecular complexity index is 1100. The van der Waals surface area contributed by atoms with E-state index in [0.29, 0.717) is 17.0 Å². The molecule has 0 aliphatic heterocycles. The van der Waals surface area contributed by atoms with Crippen LogP contribution in [0.1, 0.15) is 18.3 Å². The maximum atomic E-state index is 13.0. The van der Waals surface area contributed by atoms with Crippen molar-refractivity contribution in [1.29, 1.82) is 0 Å². The van der Waals surface area contributed by atoms with Crippen molar-refractivity contribution in [2.75, 3.05) is 0 Å². The highest BCUT2D eigenvalue weighted by Gasteiger charge is 2.16. The number of aryl methyl sites for hydroxylation is 1. The standard InChI is InChI=1S/C18H15ClN4O/c1-2-12-7-9-13(10-8-12)22-17(24)14-5-3-4-6-15(14)23-16(11-19)20-21-18(22)23/h3-10H,2,11H2,1H3. The Morgan fingerprint density at radius 2 is 1.79 bits per heavy atom. The number of hydrogen-bond acceptors (Lipinski definition) is 3. The molecule has 6 heteroatoms. The fourth-order valence-corrected chi connectivity index (χ4v) is 3.13. The average Bonchev–Trinajstić information content (AvgIpc) is 3.06. The first-order valence-corrected chi connectivity index (χ1v) is 8.31. The molecule has 0 spiro atoms. The Hall–Kier alpha value is -2.66. The van der Waals surface area contributed by atoms with E-state index in [1.54, 1.807) is 4.57 Å². The molecule has 2 heterocycles. The number of nitrogens with zero attached hydrogens (tertiary/aromatic N) is 4. The molecular weight excluding hydrogens is 324 g/mol. The predicted octanol–water partition coefficient (Wildman–Crippen LogP) is 3.33. The van der Waals surface area contributed by atoms with Crippen molar-refractivity contribution in [3.63, 3.8) is 0 Å². The highest BCUT2D eigenvalue weighted by atomic mass is 35.5. The monoisotopic (exact) mass is 338 g/mol. The number of halogens is 1. The van der Waals surface area contributed by atoms with Crippen molar-refractivity contribution < 1.29 is 0 Å². The van der Waals surface area contributed by atoms with E-state index < -0.39 is 0 Å². The van der Waals surface area contributed by atoms with Gasteiger partial charge in [-0.3, -0.25) is 9.20 Å². The molecule has 0 radical (unpaired) electrons. The molecule has 4 rings (SSSR count). The normalized spacial score (nSPS) is 11.4. The first-order valence-electron chi connectivity index (χ1n) is 7.77. The van der Waals surface area contributed by atoms with Gasteiger partial charge in [0.05, 0.1) is 22.5 Å². The van der Waals surface area contributed by atoms with Gasteiger partial charge in [0.2, 0.25) is 5.78 Å². The molecule has 0 saturated heterocycles. The van der Waals surface area contributed by atoms with Gasteiger partial charge in [-0.1, -0.05) is 31.2 Å². The van der Waals surface area contributed by atoms with Crippen LogP contribution >= 0.6 is 11.6 Å². The highest BCUT2D eigenvalue weighted by molar-refractivity contribution is 6.16. The molecule has 0 atom stereocenters. The molecule has 0 amide bonds. The summed E-state index contributed by atoms with van der Waals surface area (Å²) in [7, 11) is 0. The van der Waals surface area contributed by atoms with E-state index in [-0.39, 0.29) is 11.4 Å². The SMILES string of the molecule is CCc1ccc(-n2c(=O)c3ccccc3n3c(CCl)nnc23)cc1. The van der Waals surface area contributed by atoms with Crippen LogP contribution in [0.2, 0.25) is 0 Å². The van der Waals surface area contributed by atoms with Gasteiger partial charge in [0.25, 0.3) is 5.56 Å². The number of alkyl halides is 1. The van der Waals surface area contributed by atoms with Crippen LogP contribution in [0.5, 0.6) is 0 Å². The fraction of sp³-hybridized carbons (Fsp3) is 0.167. The van der Waals surface area contributed by atoms with Gasteiger partial charge >= 0.3 is 0 Å². The van der Waals surface area contributed by atoms with Gasteiger partial charge in [-0.25, -0.2) is 4.57 Å². The molecule has 120 valence electrons. The Morgan fingerprint density at radius 1 is 1.04 bits per heavy atom. The van der Waals surface area contributed by atoms with Crippen LogP contribution in [0.3, 0.4) is 0 Å². The summed E-state index contributed by atoms with van der Waals surface area (Å²) < 4.78 is 3.43. The van der Waals surface area contributed by atoms with E-state index in [0.717, 1.165) is 17.6 Å². The van der Waals surface area contributed by atoms with Crippen LogP contribution in [-0.4, -0.2) is 19.2 Å². The minimum Gasteiger partial charge on any atom is -0.268 e. The number of fused-ring (bicyclic) bond motifs is 3. The van der Waals surface area contributed by atoms with Crippen LogP contribution in [-0.2, 0) is 12.3 Å². The quantitative estimate of drug-likeness (QED) is 0.538. The summed E-state index contributed by atoms with van der Waals surface area (Å²) in [5, 5.41) is 8.96. The van der Waals surface area contributed by atoms with Crippen LogP contribution < -0.4 is 5.56 Å². The number of aromatic nitrogens is 4. The Kier molecular flexibility index (Phi) is 3.58. The topological polar surface area (TPSA) is 52.2 Å². The van der Waals surface area contributed by atoms with E-state index in [4.69, 9.17) is 11.6 Å². The smallest absolute Gasteiger partial charge is 0.267 e. The van der Waals surface area contributed by atoms with Crippen molar-refractivity contribution in [1.82, 2.24) is 19.2 Å². The van der Waals surface area contributed by atoms with Crippen molar-refractivity contribution in [2.45, 2.75) is 19.2 Å². The second-order valence-corrected chi connectivity index (χ2v) is 5.83. The second kappa shape index (κ2) is 5.76. The van der Waals surface area contributed by atoms with E-state index in [1.807, 2.05) is 52.9 Å². The molecule has 0 aliphatic rings.